The third kappa shape index (κ3) is 5.25. The second-order valence-electron chi connectivity index (χ2n) is 8.44. The predicted molar refractivity (Wildman–Crippen MR) is 134 cm³/mol. The van der Waals surface area contributed by atoms with Crippen LogP contribution in [-0.4, -0.2) is 34.4 Å². The lowest BCUT2D eigenvalue weighted by molar-refractivity contribution is -0.137. The van der Waals surface area contributed by atoms with Crippen molar-refractivity contribution in [3.8, 4) is 22.6 Å². The summed E-state index contributed by atoms with van der Waals surface area (Å²) in [5.74, 6) is -0.718. The Morgan fingerprint density at radius 1 is 0.897 bits per heavy atom. The quantitative estimate of drug-likeness (QED) is 0.348. The summed E-state index contributed by atoms with van der Waals surface area (Å²) < 4.78 is 46.7. The van der Waals surface area contributed by atoms with E-state index in [-0.39, 0.29) is 22.6 Å². The first-order chi connectivity index (χ1) is 18.6. The molecule has 0 aliphatic carbocycles. The number of imide groups is 1. The van der Waals surface area contributed by atoms with Crippen LogP contribution in [0.5, 0.6) is 11.5 Å². The molecule has 2 N–H and O–H groups in total. The van der Waals surface area contributed by atoms with Crippen LogP contribution < -0.4 is 20.3 Å². The van der Waals surface area contributed by atoms with Crippen LogP contribution in [0, 0.1) is 0 Å². The number of alkyl halides is 3. The minimum atomic E-state index is -4.68. The molecule has 0 spiro atoms. The lowest BCUT2D eigenvalue weighted by Gasteiger charge is -2.20. The zero-order valence-corrected chi connectivity index (χ0v) is 19.9. The lowest BCUT2D eigenvalue weighted by atomic mass is 10.0. The van der Waals surface area contributed by atoms with Gasteiger partial charge in [-0.25, -0.2) is 9.69 Å². The Morgan fingerprint density at radius 2 is 1.67 bits per heavy atom. The minimum absolute atomic E-state index is 0.0127. The third-order valence-corrected chi connectivity index (χ3v) is 5.83. The van der Waals surface area contributed by atoms with Gasteiger partial charge in [0.05, 0.1) is 11.3 Å². The van der Waals surface area contributed by atoms with Crippen molar-refractivity contribution < 1.29 is 32.3 Å². The van der Waals surface area contributed by atoms with Gasteiger partial charge in [-0.3, -0.25) is 24.5 Å². The average molecular weight is 533 g/mol. The first kappa shape index (κ1) is 25.4. The number of nitrogens with two attached hydrogens (primary N) is 1. The van der Waals surface area contributed by atoms with Gasteiger partial charge >= 0.3 is 12.2 Å². The summed E-state index contributed by atoms with van der Waals surface area (Å²) in [6, 6.07) is 14.4. The summed E-state index contributed by atoms with van der Waals surface area (Å²) in [4.78, 5) is 47.1. The van der Waals surface area contributed by atoms with Crippen molar-refractivity contribution in [2.24, 2.45) is 5.73 Å². The van der Waals surface area contributed by atoms with Gasteiger partial charge in [0.15, 0.2) is 0 Å². The van der Waals surface area contributed by atoms with Gasteiger partial charge < -0.3 is 10.5 Å². The Kier molecular flexibility index (Phi) is 6.44. The number of hydrogen-bond donors (Lipinski definition) is 1. The van der Waals surface area contributed by atoms with E-state index in [9.17, 15) is 27.6 Å². The molecule has 4 amide bonds. The van der Waals surface area contributed by atoms with E-state index < -0.39 is 36.1 Å². The fourth-order valence-corrected chi connectivity index (χ4v) is 4.00. The summed E-state index contributed by atoms with van der Waals surface area (Å²) in [6.45, 7) is -0.447. The molecular formula is C27H18F3N5O4. The van der Waals surface area contributed by atoms with Gasteiger partial charge in [-0.15, -0.1) is 0 Å². The molecule has 1 fully saturated rings. The van der Waals surface area contributed by atoms with Crippen LogP contribution >= 0.6 is 0 Å². The number of carbonyl (C=O) groups is 3. The van der Waals surface area contributed by atoms with Gasteiger partial charge in [-0.2, -0.15) is 13.2 Å². The fourth-order valence-electron chi connectivity index (χ4n) is 4.00. The van der Waals surface area contributed by atoms with Crippen LogP contribution in [0.25, 0.3) is 11.1 Å². The molecule has 2 aromatic carbocycles. The number of primary amides is 1. The zero-order chi connectivity index (χ0) is 27.7. The normalized spacial score (nSPS) is 13.6. The maximum Gasteiger partial charge on any atom is 0.416 e. The third-order valence-electron chi connectivity index (χ3n) is 5.83. The maximum atomic E-state index is 13.7. The van der Waals surface area contributed by atoms with Crippen molar-refractivity contribution >= 4 is 29.2 Å². The Bertz CT molecular complexity index is 1580. The van der Waals surface area contributed by atoms with Crippen molar-refractivity contribution in [2.75, 3.05) is 16.3 Å². The molecule has 0 saturated carbocycles. The van der Waals surface area contributed by atoms with Crippen LogP contribution in [0.1, 0.15) is 16.1 Å². The second-order valence-corrected chi connectivity index (χ2v) is 8.44. The second kappa shape index (κ2) is 9.89. The number of ether oxygens (including phenoxy) is 1. The summed E-state index contributed by atoms with van der Waals surface area (Å²) in [5, 5.41) is 0. The van der Waals surface area contributed by atoms with E-state index in [1.165, 1.54) is 61.1 Å². The molecule has 0 atom stereocenters. The Hall–Kier alpha value is -5.26. The van der Waals surface area contributed by atoms with E-state index in [0.717, 1.165) is 21.9 Å². The van der Waals surface area contributed by atoms with E-state index in [4.69, 9.17) is 10.5 Å². The van der Waals surface area contributed by atoms with Crippen LogP contribution in [0.3, 0.4) is 0 Å². The highest BCUT2D eigenvalue weighted by Crippen LogP contribution is 2.37. The van der Waals surface area contributed by atoms with Crippen LogP contribution in [0.4, 0.5) is 29.3 Å². The number of nitrogens with zero attached hydrogens (tertiary/aromatic N) is 4. The van der Waals surface area contributed by atoms with Gasteiger partial charge in [-0.05, 0) is 60.2 Å². The SMILES string of the molecule is NC(=O)c1cc(Oc2ccc(N3C(=O)CN(c4cc(-c5cccnc5)cc(C(F)(F)F)c4)C3=O)cc2)ccn1. The van der Waals surface area contributed by atoms with E-state index in [2.05, 4.69) is 9.97 Å². The van der Waals surface area contributed by atoms with E-state index in [1.54, 1.807) is 12.1 Å². The number of urea groups is 1. The monoisotopic (exact) mass is 533 g/mol. The number of hydrogen-bond acceptors (Lipinski definition) is 6. The van der Waals surface area contributed by atoms with Gasteiger partial charge in [-0.1, -0.05) is 6.07 Å². The van der Waals surface area contributed by atoms with Crippen molar-refractivity contribution in [1.29, 1.82) is 0 Å². The molecule has 1 saturated heterocycles. The van der Waals surface area contributed by atoms with Crippen molar-refractivity contribution in [3.05, 3.63) is 96.6 Å². The first-order valence-corrected chi connectivity index (χ1v) is 11.4. The minimum Gasteiger partial charge on any atom is -0.457 e. The lowest BCUT2D eigenvalue weighted by Crippen LogP contribution is -2.33. The molecule has 1 aliphatic rings. The fraction of sp³-hybridized carbons (Fsp3) is 0.0741. The molecule has 196 valence electrons. The largest absolute Gasteiger partial charge is 0.457 e. The van der Waals surface area contributed by atoms with Crippen molar-refractivity contribution in [1.82, 2.24) is 9.97 Å². The Morgan fingerprint density at radius 3 is 2.33 bits per heavy atom. The summed E-state index contributed by atoms with van der Waals surface area (Å²) in [6.07, 6.45) is -0.424. The number of pyridine rings is 2. The van der Waals surface area contributed by atoms with E-state index in [0.29, 0.717) is 17.1 Å². The standard InChI is InChI=1S/C27H18F3N5O4/c28-27(29,30)18-10-17(16-2-1-8-32-14-16)11-20(12-18)34-15-24(36)35(26(34)38)19-3-5-21(6-4-19)39-22-7-9-33-23(13-22)25(31)37/h1-14H,15H2,(H2,31,37). The molecule has 4 aromatic rings. The number of anilines is 2. The highest BCUT2D eigenvalue weighted by atomic mass is 19.4. The predicted octanol–water partition coefficient (Wildman–Crippen LogP) is 5.03. The smallest absolute Gasteiger partial charge is 0.416 e. The Balaban J connectivity index is 1.41. The molecule has 39 heavy (non-hydrogen) atoms. The molecule has 0 unspecified atom stereocenters. The van der Waals surface area contributed by atoms with E-state index >= 15 is 0 Å². The van der Waals surface area contributed by atoms with Gasteiger partial charge in [0, 0.05) is 35.9 Å². The molecule has 3 heterocycles. The van der Waals surface area contributed by atoms with Crippen LogP contribution in [0.2, 0.25) is 0 Å². The van der Waals surface area contributed by atoms with Crippen LogP contribution in [0.15, 0.2) is 85.3 Å². The molecule has 0 bridgehead atoms. The molecule has 12 heteroatoms. The highest BCUT2D eigenvalue weighted by molar-refractivity contribution is 6.27. The number of aromatic nitrogens is 2. The highest BCUT2D eigenvalue weighted by Gasteiger charge is 2.39. The number of amides is 4. The zero-order valence-electron chi connectivity index (χ0n) is 19.9. The summed E-state index contributed by atoms with van der Waals surface area (Å²) in [5.41, 5.74) is 5.02. The van der Waals surface area contributed by atoms with Gasteiger partial charge in [0.25, 0.3) is 11.8 Å². The first-order valence-electron chi connectivity index (χ1n) is 11.4. The number of benzene rings is 2. The molecule has 5 rings (SSSR count). The number of rotatable bonds is 6. The summed E-state index contributed by atoms with van der Waals surface area (Å²) in [7, 11) is 0. The molecule has 0 radical (unpaired) electrons. The summed E-state index contributed by atoms with van der Waals surface area (Å²) >= 11 is 0. The number of carbonyl (C=O) groups excluding carboxylic acids is 3. The molecule has 1 aliphatic heterocycles. The van der Waals surface area contributed by atoms with Crippen molar-refractivity contribution in [2.45, 2.75) is 6.18 Å². The van der Waals surface area contributed by atoms with Crippen molar-refractivity contribution in [3.63, 3.8) is 0 Å². The molecular weight excluding hydrogens is 515 g/mol. The van der Waals surface area contributed by atoms with Gasteiger partial charge in [0.2, 0.25) is 0 Å². The maximum absolute atomic E-state index is 13.7. The molecule has 2 aromatic heterocycles. The van der Waals surface area contributed by atoms with E-state index in [1.807, 2.05) is 0 Å². The molecule has 9 nitrogen and oxygen atoms in total. The van der Waals surface area contributed by atoms with Crippen LogP contribution in [-0.2, 0) is 11.0 Å². The Labute approximate surface area is 219 Å². The average Bonchev–Trinajstić information content (AvgIpc) is 3.22. The number of halogens is 3. The van der Waals surface area contributed by atoms with Gasteiger partial charge in [0.1, 0.15) is 23.7 Å². The topological polar surface area (TPSA) is 119 Å².